The summed E-state index contributed by atoms with van der Waals surface area (Å²) in [5.41, 5.74) is 0.824. The van der Waals surface area contributed by atoms with Crippen molar-refractivity contribution < 1.29 is 82.3 Å². The van der Waals surface area contributed by atoms with Crippen molar-refractivity contribution in [2.45, 2.75) is 56.4 Å². The molecule has 25 nitrogen and oxygen atoms in total. The molecular weight excluding hydrogens is 776 g/mol. The summed E-state index contributed by atoms with van der Waals surface area (Å²) in [7, 11) is 1.51. The van der Waals surface area contributed by atoms with Gasteiger partial charge in [0.2, 0.25) is 26.2 Å². The minimum atomic E-state index is -2.22. The highest BCUT2D eigenvalue weighted by atomic mass is 16.7. The van der Waals surface area contributed by atoms with Crippen molar-refractivity contribution >= 4 is 29.7 Å². The fraction of sp³-hybridized carbons (Fsp3) is 0.469. The minimum Gasteiger partial charge on any atom is -0.507 e. The lowest BCUT2D eigenvalue weighted by Gasteiger charge is -2.42. The number of benzene rings is 2. The lowest BCUT2D eigenvalue weighted by Crippen LogP contribution is -2.62. The van der Waals surface area contributed by atoms with E-state index in [4.69, 9.17) is 28.4 Å². The molecule has 2 N–H and O–H groups in total. The standard InChI is InChI=1S/C18H24N4O18.C14H12O3/c23-11(1-5-19(28)29)36-9-10-15(38-12(24)2-6-20(30)31)16(39-13(25)3-7-21(32)33)17(18(27)37-10)40-14(26)4-8-22(34)35;1-17-11-7-8-12(13(15)9-11)14(16)10-5-3-2-4-6-10/h10,15-18,27H,1-9H2;2-9,15H,1H3. The topological polar surface area (TPSA) is 354 Å². The van der Waals surface area contributed by atoms with Crippen molar-refractivity contribution in [1.82, 2.24) is 0 Å². The van der Waals surface area contributed by atoms with Gasteiger partial charge in [-0.3, -0.25) is 64.4 Å². The summed E-state index contributed by atoms with van der Waals surface area (Å²) in [6.07, 6.45) is -13.2. The monoisotopic (exact) mass is 812 g/mol. The molecule has 1 saturated heterocycles. The second kappa shape index (κ2) is 23.1. The third-order valence-electron chi connectivity index (χ3n) is 7.30. The Morgan fingerprint density at radius 1 is 0.667 bits per heavy atom. The lowest BCUT2D eigenvalue weighted by molar-refractivity contribution is -0.479. The number of ether oxygens (including phenoxy) is 6. The summed E-state index contributed by atoms with van der Waals surface area (Å²) in [5.74, 6) is -4.82. The van der Waals surface area contributed by atoms with Crippen LogP contribution >= 0.6 is 0 Å². The number of nitro groups is 4. The zero-order valence-electron chi connectivity index (χ0n) is 29.8. The molecule has 25 heteroatoms. The first-order chi connectivity index (χ1) is 26.9. The molecule has 5 atom stereocenters. The third kappa shape index (κ3) is 16.6. The number of aliphatic hydroxyl groups is 1. The van der Waals surface area contributed by atoms with Gasteiger partial charge in [0.1, 0.15) is 49.9 Å². The predicted octanol–water partition coefficient (Wildman–Crippen LogP) is 0.281. The van der Waals surface area contributed by atoms with Gasteiger partial charge in [-0.2, -0.15) is 0 Å². The van der Waals surface area contributed by atoms with Crippen molar-refractivity contribution in [3.63, 3.8) is 0 Å². The number of esters is 4. The lowest BCUT2D eigenvalue weighted by atomic mass is 9.98. The van der Waals surface area contributed by atoms with E-state index in [-0.39, 0.29) is 17.1 Å². The van der Waals surface area contributed by atoms with E-state index in [1.165, 1.54) is 13.2 Å². The molecule has 2 aromatic carbocycles. The fourth-order valence-electron chi connectivity index (χ4n) is 4.62. The number of nitrogens with zero attached hydrogens (tertiary/aromatic N) is 4. The van der Waals surface area contributed by atoms with Gasteiger partial charge in [0.25, 0.3) is 0 Å². The maximum absolute atomic E-state index is 12.3. The van der Waals surface area contributed by atoms with E-state index >= 15 is 0 Å². The van der Waals surface area contributed by atoms with Crippen LogP contribution in [0.1, 0.15) is 41.6 Å². The molecular formula is C32H36N4O21. The summed E-state index contributed by atoms with van der Waals surface area (Å²) in [4.78, 5) is 99.3. The number of rotatable bonds is 20. The van der Waals surface area contributed by atoms with Crippen LogP contribution in [0.15, 0.2) is 48.5 Å². The van der Waals surface area contributed by atoms with Gasteiger partial charge in [-0.25, -0.2) is 0 Å². The summed E-state index contributed by atoms with van der Waals surface area (Å²) in [6.45, 7) is -4.46. The van der Waals surface area contributed by atoms with E-state index in [1.807, 2.05) is 6.07 Å². The first kappa shape index (κ1) is 46.3. The predicted molar refractivity (Wildman–Crippen MR) is 182 cm³/mol. The number of aromatic hydroxyl groups is 1. The van der Waals surface area contributed by atoms with Gasteiger partial charge in [0, 0.05) is 31.3 Å². The molecule has 310 valence electrons. The van der Waals surface area contributed by atoms with E-state index in [0.717, 1.165) is 0 Å². The smallest absolute Gasteiger partial charge is 0.313 e. The molecule has 1 fully saturated rings. The number of ketones is 1. The van der Waals surface area contributed by atoms with Crippen LogP contribution in [0.5, 0.6) is 11.5 Å². The molecule has 57 heavy (non-hydrogen) atoms. The maximum Gasteiger partial charge on any atom is 0.313 e. The number of hydrogen-bond acceptors (Lipinski definition) is 21. The Kier molecular flexibility index (Phi) is 18.8. The van der Waals surface area contributed by atoms with Gasteiger partial charge >= 0.3 is 23.9 Å². The molecule has 2 aromatic rings. The molecule has 1 heterocycles. The Hall–Kier alpha value is -6.89. The highest BCUT2D eigenvalue weighted by molar-refractivity contribution is 6.10. The summed E-state index contributed by atoms with van der Waals surface area (Å²) in [6, 6.07) is 13.5. The van der Waals surface area contributed by atoms with Gasteiger partial charge in [0.15, 0.2) is 30.4 Å². The second-order valence-electron chi connectivity index (χ2n) is 11.4. The molecule has 0 aliphatic carbocycles. The van der Waals surface area contributed by atoms with Crippen molar-refractivity contribution in [2.75, 3.05) is 39.9 Å². The Morgan fingerprint density at radius 3 is 1.58 bits per heavy atom. The van der Waals surface area contributed by atoms with Crippen LogP contribution in [0.3, 0.4) is 0 Å². The molecule has 0 radical (unpaired) electrons. The maximum atomic E-state index is 12.3. The van der Waals surface area contributed by atoms with E-state index in [0.29, 0.717) is 11.3 Å². The molecule has 0 spiro atoms. The number of phenols is 1. The Bertz CT molecular complexity index is 1770. The molecule has 5 unspecified atom stereocenters. The van der Waals surface area contributed by atoms with E-state index < -0.39 is 133 Å². The fourth-order valence-corrected chi connectivity index (χ4v) is 4.62. The second-order valence-corrected chi connectivity index (χ2v) is 11.4. The van der Waals surface area contributed by atoms with Crippen molar-refractivity contribution in [1.29, 1.82) is 0 Å². The first-order valence-corrected chi connectivity index (χ1v) is 16.4. The van der Waals surface area contributed by atoms with Crippen LogP contribution < -0.4 is 4.74 Å². The van der Waals surface area contributed by atoms with E-state index in [1.54, 1.807) is 36.4 Å². The molecule has 1 aliphatic heterocycles. The third-order valence-corrected chi connectivity index (χ3v) is 7.30. The number of aliphatic hydroxyl groups excluding tert-OH is 1. The first-order valence-electron chi connectivity index (χ1n) is 16.4. The molecule has 3 rings (SSSR count). The molecule has 0 aromatic heterocycles. The molecule has 0 amide bonds. The Balaban J connectivity index is 0.000000542. The van der Waals surface area contributed by atoms with Crippen LogP contribution in [0.4, 0.5) is 0 Å². The van der Waals surface area contributed by atoms with Crippen LogP contribution in [0.25, 0.3) is 0 Å². The van der Waals surface area contributed by atoms with Crippen molar-refractivity contribution in [3.8, 4) is 11.5 Å². The average Bonchev–Trinajstić information content (AvgIpc) is 3.16. The van der Waals surface area contributed by atoms with Crippen molar-refractivity contribution in [2.24, 2.45) is 0 Å². The van der Waals surface area contributed by atoms with Crippen LogP contribution in [0, 0.1) is 40.5 Å². The zero-order valence-corrected chi connectivity index (χ0v) is 29.8. The zero-order chi connectivity index (χ0) is 42.7. The largest absolute Gasteiger partial charge is 0.507 e. The van der Waals surface area contributed by atoms with Gasteiger partial charge in [-0.1, -0.05) is 30.3 Å². The number of hydrogen-bond donors (Lipinski definition) is 2. The highest BCUT2D eigenvalue weighted by Crippen LogP contribution is 2.29. The SMILES string of the molecule is COc1ccc(C(=O)c2ccccc2)c(O)c1.O=C(CC[N+](=O)[O-])OCC1OC(O)C(OC(=O)CC[N+](=O)[O-])C(OC(=O)CC[N+](=O)[O-])C1OC(=O)CC[N+](=O)[O-]. The molecule has 1 aliphatic rings. The molecule has 0 bridgehead atoms. The Morgan fingerprint density at radius 2 is 1.12 bits per heavy atom. The van der Waals surface area contributed by atoms with Crippen molar-refractivity contribution in [3.05, 3.63) is 100 Å². The summed E-state index contributed by atoms with van der Waals surface area (Å²) >= 11 is 0. The number of carbonyl (C=O) groups excluding carboxylic acids is 5. The number of carbonyl (C=O) groups is 5. The van der Waals surface area contributed by atoms with E-state index in [9.17, 15) is 74.6 Å². The molecule has 0 saturated carbocycles. The van der Waals surface area contributed by atoms with Gasteiger partial charge < -0.3 is 38.6 Å². The van der Waals surface area contributed by atoms with Gasteiger partial charge in [-0.15, -0.1) is 0 Å². The quantitative estimate of drug-likeness (QED) is 0.0596. The Labute approximate surface area is 319 Å². The van der Waals surface area contributed by atoms with E-state index in [2.05, 4.69) is 0 Å². The van der Waals surface area contributed by atoms with Crippen LogP contribution in [-0.2, 0) is 42.9 Å². The normalized spacial score (nSPS) is 18.3. The van der Waals surface area contributed by atoms with Gasteiger partial charge in [-0.05, 0) is 12.1 Å². The van der Waals surface area contributed by atoms with Crippen LogP contribution in [-0.4, -0.2) is 130 Å². The van der Waals surface area contributed by atoms with Gasteiger partial charge in [0.05, 0.1) is 12.7 Å². The highest BCUT2D eigenvalue weighted by Gasteiger charge is 2.52. The minimum absolute atomic E-state index is 0.0711. The number of methoxy groups -OCH3 is 1. The average molecular weight is 813 g/mol. The number of phenolic OH excluding ortho intramolecular Hbond substituents is 1. The van der Waals surface area contributed by atoms with Crippen LogP contribution in [0.2, 0.25) is 0 Å². The summed E-state index contributed by atoms with van der Waals surface area (Å²) in [5, 5.41) is 62.4. The summed E-state index contributed by atoms with van der Waals surface area (Å²) < 4.78 is 30.0.